The van der Waals surface area contributed by atoms with Gasteiger partial charge in [0, 0.05) is 5.39 Å². The third-order valence-corrected chi connectivity index (χ3v) is 2.97. The fraction of sp³-hybridized carbons (Fsp3) is 0.231. The number of pyridine rings is 1. The summed E-state index contributed by atoms with van der Waals surface area (Å²) in [7, 11) is 0. The molecule has 0 bridgehead atoms. The SMILES string of the molecule is CCc1c2c(nc3ccccc13)COC2=O. The molecule has 3 nitrogen and oxygen atoms in total. The highest BCUT2D eigenvalue weighted by atomic mass is 16.5. The number of cyclic esters (lactones) is 1. The van der Waals surface area contributed by atoms with Gasteiger partial charge >= 0.3 is 5.97 Å². The molecule has 0 saturated heterocycles. The lowest BCUT2D eigenvalue weighted by Gasteiger charge is -2.07. The monoisotopic (exact) mass is 213 g/mol. The number of nitrogens with zero attached hydrogens (tertiary/aromatic N) is 1. The van der Waals surface area contributed by atoms with Crippen molar-refractivity contribution in [1.82, 2.24) is 4.98 Å². The van der Waals surface area contributed by atoms with Crippen LogP contribution in [-0.2, 0) is 17.8 Å². The molecule has 1 aromatic heterocycles. The predicted molar refractivity (Wildman–Crippen MR) is 60.2 cm³/mol. The van der Waals surface area contributed by atoms with Crippen LogP contribution < -0.4 is 0 Å². The molecule has 1 aliphatic heterocycles. The highest BCUT2D eigenvalue weighted by Crippen LogP contribution is 2.28. The smallest absolute Gasteiger partial charge is 0.340 e. The number of para-hydroxylation sites is 1. The van der Waals surface area contributed by atoms with E-state index in [0.717, 1.165) is 28.6 Å². The van der Waals surface area contributed by atoms with Crippen LogP contribution in [0.3, 0.4) is 0 Å². The Morgan fingerprint density at radius 3 is 3.00 bits per heavy atom. The van der Waals surface area contributed by atoms with E-state index < -0.39 is 0 Å². The highest BCUT2D eigenvalue weighted by Gasteiger charge is 2.27. The van der Waals surface area contributed by atoms with Crippen molar-refractivity contribution >= 4 is 16.9 Å². The summed E-state index contributed by atoms with van der Waals surface area (Å²) in [5, 5.41) is 1.06. The van der Waals surface area contributed by atoms with Crippen molar-refractivity contribution in [2.24, 2.45) is 0 Å². The topological polar surface area (TPSA) is 39.2 Å². The Hall–Kier alpha value is -1.90. The van der Waals surface area contributed by atoms with E-state index in [-0.39, 0.29) is 5.97 Å². The van der Waals surface area contributed by atoms with Gasteiger partial charge in [0.05, 0.1) is 16.8 Å². The molecule has 1 aliphatic rings. The van der Waals surface area contributed by atoms with Gasteiger partial charge in [-0.05, 0) is 18.1 Å². The van der Waals surface area contributed by atoms with Gasteiger partial charge in [-0.15, -0.1) is 0 Å². The van der Waals surface area contributed by atoms with Gasteiger partial charge in [0.15, 0.2) is 0 Å². The summed E-state index contributed by atoms with van der Waals surface area (Å²) >= 11 is 0. The number of carbonyl (C=O) groups is 1. The molecule has 2 aromatic rings. The first-order valence-corrected chi connectivity index (χ1v) is 5.39. The largest absolute Gasteiger partial charge is 0.455 e. The van der Waals surface area contributed by atoms with E-state index in [1.807, 2.05) is 31.2 Å². The van der Waals surface area contributed by atoms with Gasteiger partial charge in [0.25, 0.3) is 0 Å². The molecule has 0 atom stereocenters. The Labute approximate surface area is 93.1 Å². The van der Waals surface area contributed by atoms with Gasteiger partial charge in [-0.1, -0.05) is 25.1 Å². The summed E-state index contributed by atoms with van der Waals surface area (Å²) < 4.78 is 5.04. The van der Waals surface area contributed by atoms with Crippen LogP contribution in [0.15, 0.2) is 24.3 Å². The molecule has 3 heteroatoms. The van der Waals surface area contributed by atoms with Gasteiger partial charge in [-0.25, -0.2) is 9.78 Å². The number of carbonyl (C=O) groups excluding carboxylic acids is 1. The summed E-state index contributed by atoms with van der Waals surface area (Å²) in [4.78, 5) is 16.1. The van der Waals surface area contributed by atoms with Crippen LogP contribution in [0, 0.1) is 0 Å². The maximum Gasteiger partial charge on any atom is 0.340 e. The Balaban J connectivity index is 2.44. The quantitative estimate of drug-likeness (QED) is 0.683. The second-order valence-electron chi connectivity index (χ2n) is 3.86. The van der Waals surface area contributed by atoms with E-state index in [4.69, 9.17) is 4.74 Å². The zero-order valence-electron chi connectivity index (χ0n) is 8.99. The maximum atomic E-state index is 11.6. The number of fused-ring (bicyclic) bond motifs is 2. The van der Waals surface area contributed by atoms with Crippen LogP contribution >= 0.6 is 0 Å². The summed E-state index contributed by atoms with van der Waals surface area (Å²) in [6.45, 7) is 2.36. The van der Waals surface area contributed by atoms with Gasteiger partial charge in [-0.3, -0.25) is 0 Å². The molecule has 0 spiro atoms. The van der Waals surface area contributed by atoms with E-state index in [0.29, 0.717) is 12.2 Å². The minimum atomic E-state index is -0.231. The van der Waals surface area contributed by atoms with E-state index in [1.54, 1.807) is 0 Å². The average molecular weight is 213 g/mol. The molecule has 2 heterocycles. The Morgan fingerprint density at radius 2 is 2.19 bits per heavy atom. The number of hydrogen-bond acceptors (Lipinski definition) is 3. The molecule has 0 radical (unpaired) electrons. The molecule has 1 aromatic carbocycles. The molecule has 0 aliphatic carbocycles. The van der Waals surface area contributed by atoms with Crippen LogP contribution in [0.1, 0.15) is 28.5 Å². The molecule has 0 amide bonds. The zero-order valence-corrected chi connectivity index (χ0v) is 8.99. The lowest BCUT2D eigenvalue weighted by Crippen LogP contribution is -2.02. The van der Waals surface area contributed by atoms with Crippen LogP contribution in [0.2, 0.25) is 0 Å². The zero-order chi connectivity index (χ0) is 11.1. The second-order valence-corrected chi connectivity index (χ2v) is 3.86. The third-order valence-electron chi connectivity index (χ3n) is 2.97. The lowest BCUT2D eigenvalue weighted by atomic mass is 9.99. The summed E-state index contributed by atoms with van der Waals surface area (Å²) in [6.07, 6.45) is 0.820. The molecule has 0 unspecified atom stereocenters. The van der Waals surface area contributed by atoms with E-state index >= 15 is 0 Å². The maximum absolute atomic E-state index is 11.6. The molecule has 0 fully saturated rings. The van der Waals surface area contributed by atoms with Crippen molar-refractivity contribution in [1.29, 1.82) is 0 Å². The Morgan fingerprint density at radius 1 is 1.38 bits per heavy atom. The van der Waals surface area contributed by atoms with Gasteiger partial charge < -0.3 is 4.74 Å². The number of aryl methyl sites for hydroxylation is 1. The molecule has 0 N–H and O–H groups in total. The summed E-state index contributed by atoms with van der Waals surface area (Å²) in [5.74, 6) is -0.231. The van der Waals surface area contributed by atoms with E-state index in [9.17, 15) is 4.79 Å². The van der Waals surface area contributed by atoms with Crippen LogP contribution in [0.5, 0.6) is 0 Å². The molecule has 16 heavy (non-hydrogen) atoms. The fourth-order valence-electron chi connectivity index (χ4n) is 2.26. The van der Waals surface area contributed by atoms with Crippen molar-refractivity contribution in [2.45, 2.75) is 20.0 Å². The van der Waals surface area contributed by atoms with Crippen LogP contribution in [0.4, 0.5) is 0 Å². The number of benzene rings is 1. The number of rotatable bonds is 1. The summed E-state index contributed by atoms with van der Waals surface area (Å²) in [6, 6.07) is 7.90. The molecular weight excluding hydrogens is 202 g/mol. The van der Waals surface area contributed by atoms with Crippen molar-refractivity contribution in [3.05, 3.63) is 41.1 Å². The van der Waals surface area contributed by atoms with Gasteiger partial charge in [-0.2, -0.15) is 0 Å². The first-order chi connectivity index (χ1) is 7.81. The second kappa shape index (κ2) is 3.30. The van der Waals surface area contributed by atoms with Crippen molar-refractivity contribution < 1.29 is 9.53 Å². The Bertz CT molecular complexity index is 590. The minimum absolute atomic E-state index is 0.231. The lowest BCUT2D eigenvalue weighted by molar-refractivity contribution is 0.0532. The number of hydrogen-bond donors (Lipinski definition) is 0. The number of ether oxygens (including phenoxy) is 1. The van der Waals surface area contributed by atoms with Crippen molar-refractivity contribution in [2.75, 3.05) is 0 Å². The normalized spacial score (nSPS) is 13.9. The highest BCUT2D eigenvalue weighted by molar-refractivity contribution is 6.00. The number of aromatic nitrogens is 1. The van der Waals surface area contributed by atoms with E-state index in [2.05, 4.69) is 4.98 Å². The van der Waals surface area contributed by atoms with Crippen molar-refractivity contribution in [3.63, 3.8) is 0 Å². The summed E-state index contributed by atoms with van der Waals surface area (Å²) in [5.41, 5.74) is 3.46. The number of esters is 1. The van der Waals surface area contributed by atoms with E-state index in [1.165, 1.54) is 0 Å². The first-order valence-electron chi connectivity index (χ1n) is 5.39. The standard InChI is InChI=1S/C13H11NO2/c1-2-8-9-5-3-4-6-10(9)14-11-7-16-13(15)12(8)11/h3-6H,2,7H2,1H3. The third kappa shape index (κ3) is 1.14. The van der Waals surface area contributed by atoms with Gasteiger partial charge in [0.2, 0.25) is 0 Å². The average Bonchev–Trinajstić information content (AvgIpc) is 2.68. The minimum Gasteiger partial charge on any atom is -0.455 e. The molecule has 0 saturated carbocycles. The Kier molecular flexibility index (Phi) is 1.93. The molecule has 3 rings (SSSR count). The van der Waals surface area contributed by atoms with Crippen molar-refractivity contribution in [3.8, 4) is 0 Å². The predicted octanol–water partition coefficient (Wildman–Crippen LogP) is 2.47. The first kappa shape index (κ1) is 9.33. The van der Waals surface area contributed by atoms with Crippen LogP contribution in [0.25, 0.3) is 10.9 Å². The fourth-order valence-corrected chi connectivity index (χ4v) is 2.26. The molecular formula is C13H11NO2. The van der Waals surface area contributed by atoms with Crippen LogP contribution in [-0.4, -0.2) is 11.0 Å². The van der Waals surface area contributed by atoms with Gasteiger partial charge in [0.1, 0.15) is 6.61 Å². The molecule has 80 valence electrons.